The van der Waals surface area contributed by atoms with Gasteiger partial charge in [0.15, 0.2) is 6.61 Å². The number of hydrogen-bond acceptors (Lipinski definition) is 6. The minimum absolute atomic E-state index is 0.0308. The number of aromatic nitrogens is 1. The van der Waals surface area contributed by atoms with E-state index in [0.717, 1.165) is 25.1 Å². The van der Waals surface area contributed by atoms with Crippen LogP contribution in [0.1, 0.15) is 33.6 Å². The van der Waals surface area contributed by atoms with Crippen molar-refractivity contribution in [3.05, 3.63) is 53.7 Å². The topological polar surface area (TPSA) is 118 Å². The van der Waals surface area contributed by atoms with Gasteiger partial charge < -0.3 is 4.74 Å². The first-order valence-electron chi connectivity index (χ1n) is 9.43. The van der Waals surface area contributed by atoms with E-state index < -0.39 is 34.6 Å². The number of benzene rings is 1. The highest BCUT2D eigenvalue weighted by Crippen LogP contribution is 2.21. The molecule has 1 saturated heterocycles. The molecule has 1 aromatic carbocycles. The highest BCUT2D eigenvalue weighted by Gasteiger charge is 2.29. The predicted octanol–water partition coefficient (Wildman–Crippen LogP) is 1.88. The highest BCUT2D eigenvalue weighted by molar-refractivity contribution is 7.89. The first-order chi connectivity index (χ1) is 15.1. The molecule has 0 radical (unpaired) electrons. The lowest BCUT2D eigenvalue weighted by Gasteiger charge is -2.15. The molecular formula is C19H19F3N4O5S. The van der Waals surface area contributed by atoms with Gasteiger partial charge in [0.2, 0.25) is 15.9 Å². The molecule has 0 unspecified atom stereocenters. The number of alkyl halides is 3. The normalized spacial score (nSPS) is 14.7. The summed E-state index contributed by atoms with van der Waals surface area (Å²) in [7, 11) is -3.61. The molecule has 0 spiro atoms. The van der Waals surface area contributed by atoms with E-state index in [1.165, 1.54) is 34.6 Å². The number of nitrogens with one attached hydrogen (secondary N) is 2. The quantitative estimate of drug-likeness (QED) is 0.620. The molecule has 2 heterocycles. The van der Waals surface area contributed by atoms with Gasteiger partial charge in [-0.2, -0.15) is 17.5 Å². The molecule has 2 aromatic rings. The van der Waals surface area contributed by atoms with Crippen LogP contribution in [0.2, 0.25) is 0 Å². The van der Waals surface area contributed by atoms with Crippen molar-refractivity contribution in [2.24, 2.45) is 0 Å². The van der Waals surface area contributed by atoms with E-state index in [2.05, 4.69) is 20.6 Å². The first kappa shape index (κ1) is 23.5. The van der Waals surface area contributed by atoms with Crippen LogP contribution in [0.15, 0.2) is 47.5 Å². The molecular weight excluding hydrogens is 453 g/mol. The molecule has 0 saturated carbocycles. The van der Waals surface area contributed by atoms with E-state index in [9.17, 15) is 31.2 Å². The number of carbonyl (C=O) groups excluding carboxylic acids is 2. The van der Waals surface area contributed by atoms with Gasteiger partial charge in [0.25, 0.3) is 11.8 Å². The number of rotatable bonds is 6. The van der Waals surface area contributed by atoms with Gasteiger partial charge in [0.1, 0.15) is 0 Å². The Balaban J connectivity index is 1.54. The first-order valence-corrected chi connectivity index (χ1v) is 10.9. The maximum Gasteiger partial charge on any atom is 0.422 e. The molecule has 9 nitrogen and oxygen atoms in total. The van der Waals surface area contributed by atoms with Crippen molar-refractivity contribution in [2.75, 3.05) is 19.7 Å². The van der Waals surface area contributed by atoms with Gasteiger partial charge in [0, 0.05) is 30.9 Å². The maximum absolute atomic E-state index is 12.5. The van der Waals surface area contributed by atoms with Crippen molar-refractivity contribution in [3.63, 3.8) is 0 Å². The molecule has 1 aliphatic heterocycles. The highest BCUT2D eigenvalue weighted by atomic mass is 32.2. The summed E-state index contributed by atoms with van der Waals surface area (Å²) < 4.78 is 67.2. The predicted molar refractivity (Wildman–Crippen MR) is 105 cm³/mol. The SMILES string of the molecule is O=C(NNC(=O)c1ccc(OCC(F)(F)F)nc1)c1ccc(S(=O)(=O)N2CCCC2)cc1. The van der Waals surface area contributed by atoms with Gasteiger partial charge in [-0.3, -0.25) is 20.4 Å². The van der Waals surface area contributed by atoms with Gasteiger partial charge >= 0.3 is 6.18 Å². The summed E-state index contributed by atoms with van der Waals surface area (Å²) in [4.78, 5) is 27.9. The minimum Gasteiger partial charge on any atom is -0.468 e. The molecule has 2 N–H and O–H groups in total. The van der Waals surface area contributed by atoms with Gasteiger partial charge in [0.05, 0.1) is 10.5 Å². The molecule has 0 bridgehead atoms. The van der Waals surface area contributed by atoms with E-state index >= 15 is 0 Å². The molecule has 172 valence electrons. The Kier molecular flexibility index (Phi) is 6.99. The molecule has 1 aromatic heterocycles. The number of nitrogens with zero attached hydrogens (tertiary/aromatic N) is 2. The zero-order valence-electron chi connectivity index (χ0n) is 16.6. The van der Waals surface area contributed by atoms with Gasteiger partial charge in [-0.05, 0) is 43.2 Å². The zero-order valence-corrected chi connectivity index (χ0v) is 17.4. The van der Waals surface area contributed by atoms with Crippen molar-refractivity contribution in [2.45, 2.75) is 23.9 Å². The summed E-state index contributed by atoms with van der Waals surface area (Å²) in [5.74, 6) is -1.77. The maximum atomic E-state index is 12.5. The van der Waals surface area contributed by atoms with Crippen LogP contribution in [0.4, 0.5) is 13.2 Å². The molecule has 32 heavy (non-hydrogen) atoms. The molecule has 1 aliphatic rings. The Morgan fingerprint density at radius 2 is 1.53 bits per heavy atom. The summed E-state index contributed by atoms with van der Waals surface area (Å²) in [6.45, 7) is -0.596. The second-order valence-corrected chi connectivity index (χ2v) is 8.77. The number of halogens is 3. The third-order valence-corrected chi connectivity index (χ3v) is 6.40. The third kappa shape index (κ3) is 5.95. The van der Waals surface area contributed by atoms with Crippen molar-refractivity contribution < 1.29 is 35.9 Å². The fraction of sp³-hybridized carbons (Fsp3) is 0.316. The lowest BCUT2D eigenvalue weighted by Crippen LogP contribution is -2.41. The molecule has 0 aliphatic carbocycles. The molecule has 0 atom stereocenters. The largest absolute Gasteiger partial charge is 0.468 e. The number of ether oxygens (including phenoxy) is 1. The lowest BCUT2D eigenvalue weighted by atomic mass is 10.2. The van der Waals surface area contributed by atoms with Crippen LogP contribution in [-0.2, 0) is 10.0 Å². The number of hydrazine groups is 1. The smallest absolute Gasteiger partial charge is 0.422 e. The Morgan fingerprint density at radius 3 is 2.06 bits per heavy atom. The summed E-state index contributed by atoms with van der Waals surface area (Å²) >= 11 is 0. The number of sulfonamides is 1. The molecule has 3 rings (SSSR count). The van der Waals surface area contributed by atoms with Crippen molar-refractivity contribution in [1.82, 2.24) is 20.1 Å². The summed E-state index contributed by atoms with van der Waals surface area (Å²) in [6, 6.07) is 7.53. The lowest BCUT2D eigenvalue weighted by molar-refractivity contribution is -0.154. The minimum atomic E-state index is -4.52. The van der Waals surface area contributed by atoms with Gasteiger partial charge in [-0.1, -0.05) is 0 Å². The van der Waals surface area contributed by atoms with Gasteiger partial charge in [-0.25, -0.2) is 13.4 Å². The molecule has 1 fully saturated rings. The van der Waals surface area contributed by atoms with E-state index in [1.54, 1.807) is 0 Å². The van der Waals surface area contributed by atoms with E-state index in [4.69, 9.17) is 0 Å². The van der Waals surface area contributed by atoms with Crippen molar-refractivity contribution >= 4 is 21.8 Å². The average Bonchev–Trinajstić information content (AvgIpc) is 3.32. The monoisotopic (exact) mass is 472 g/mol. The van der Waals surface area contributed by atoms with Crippen LogP contribution in [0.3, 0.4) is 0 Å². The van der Waals surface area contributed by atoms with Crippen LogP contribution in [0.5, 0.6) is 5.88 Å². The number of amides is 2. The number of pyridine rings is 1. The average molecular weight is 472 g/mol. The third-order valence-electron chi connectivity index (χ3n) is 4.49. The van der Waals surface area contributed by atoms with E-state index in [0.29, 0.717) is 13.1 Å². The Morgan fingerprint density at radius 1 is 0.969 bits per heavy atom. The Bertz CT molecular complexity index is 1070. The van der Waals surface area contributed by atoms with E-state index in [1.807, 2.05) is 0 Å². The molecule has 13 heteroatoms. The summed E-state index contributed by atoms with van der Waals surface area (Å²) in [5.41, 5.74) is 4.38. The summed E-state index contributed by atoms with van der Waals surface area (Å²) in [6.07, 6.45) is -1.92. The Hall–Kier alpha value is -3.19. The van der Waals surface area contributed by atoms with Crippen LogP contribution in [-0.4, -0.2) is 55.4 Å². The fourth-order valence-electron chi connectivity index (χ4n) is 2.87. The summed E-state index contributed by atoms with van der Waals surface area (Å²) in [5, 5.41) is 0. The van der Waals surface area contributed by atoms with Crippen LogP contribution < -0.4 is 15.6 Å². The van der Waals surface area contributed by atoms with Crippen LogP contribution >= 0.6 is 0 Å². The number of carbonyl (C=O) groups is 2. The Labute approximate surface area is 181 Å². The van der Waals surface area contributed by atoms with Crippen LogP contribution in [0, 0.1) is 0 Å². The van der Waals surface area contributed by atoms with E-state index in [-0.39, 0.29) is 21.9 Å². The van der Waals surface area contributed by atoms with Crippen molar-refractivity contribution in [3.8, 4) is 5.88 Å². The second kappa shape index (κ2) is 9.53. The van der Waals surface area contributed by atoms with Crippen LogP contribution in [0.25, 0.3) is 0 Å². The molecule has 2 amide bonds. The van der Waals surface area contributed by atoms with Crippen molar-refractivity contribution in [1.29, 1.82) is 0 Å². The second-order valence-electron chi connectivity index (χ2n) is 6.83. The fourth-order valence-corrected chi connectivity index (χ4v) is 4.39. The zero-order chi connectivity index (χ0) is 23.4. The van der Waals surface area contributed by atoms with Gasteiger partial charge in [-0.15, -0.1) is 0 Å². The number of hydrogen-bond donors (Lipinski definition) is 2. The standard InChI is InChI=1S/C19H19F3N4O5S/c20-19(21,22)12-31-16-8-5-14(11-23-16)18(28)25-24-17(27)13-3-6-15(7-4-13)32(29,30)26-9-1-2-10-26/h3-8,11H,1-2,9-10,12H2,(H,24,27)(H,25,28).